The number of hydrogen-bond acceptors (Lipinski definition) is 4. The Morgan fingerprint density at radius 1 is 1.11 bits per heavy atom. The van der Waals surface area contributed by atoms with Crippen LogP contribution in [-0.2, 0) is 4.79 Å². The number of carbonyl (C=O) groups excluding carboxylic acids is 1. The molecule has 0 bridgehead atoms. The number of pyridine rings is 1. The summed E-state index contributed by atoms with van der Waals surface area (Å²) in [5.41, 5.74) is 4.09. The Kier molecular flexibility index (Phi) is 7.43. The molecule has 0 radical (unpaired) electrons. The number of hydrogen-bond donors (Lipinski definition) is 2. The maximum absolute atomic E-state index is 12.3. The Hall–Kier alpha value is -3.39. The van der Waals surface area contributed by atoms with Crippen molar-refractivity contribution in [3.63, 3.8) is 0 Å². The van der Waals surface area contributed by atoms with E-state index >= 15 is 0 Å². The van der Waals surface area contributed by atoms with Crippen LogP contribution >= 0.6 is 35.4 Å². The van der Waals surface area contributed by atoms with Crippen molar-refractivity contribution in [3.05, 3.63) is 100.0 Å². The summed E-state index contributed by atoms with van der Waals surface area (Å²) in [5, 5.41) is 7.86. The molecule has 4 aromatic rings. The van der Waals surface area contributed by atoms with Crippen LogP contribution in [0.3, 0.4) is 0 Å². The third-order valence-corrected chi connectivity index (χ3v) is 7.64. The number of furan rings is 1. The van der Waals surface area contributed by atoms with E-state index < -0.39 is 0 Å². The van der Waals surface area contributed by atoms with E-state index in [-0.39, 0.29) is 23.9 Å². The van der Waals surface area contributed by atoms with Gasteiger partial charge in [-0.25, -0.2) is 0 Å². The SMILES string of the molecule is Cc1cc(N2C(=S)N[C@H](c3ccccn3)[C@H]2c2ccc(-c3cccc(Cl)c3Cl)o2)ccc1NC(=O)C(C)C. The van der Waals surface area contributed by atoms with E-state index in [1.165, 1.54) is 0 Å². The fraction of sp³-hybridized carbons (Fsp3) is 0.207. The number of nitrogens with one attached hydrogen (secondary N) is 2. The minimum absolute atomic E-state index is 0.0323. The van der Waals surface area contributed by atoms with Gasteiger partial charge in [-0.15, -0.1) is 0 Å². The van der Waals surface area contributed by atoms with Gasteiger partial charge in [-0.3, -0.25) is 9.78 Å². The normalized spacial score (nSPS) is 17.1. The monoisotopic (exact) mass is 564 g/mol. The zero-order valence-corrected chi connectivity index (χ0v) is 23.4. The van der Waals surface area contributed by atoms with Crippen LogP contribution in [-0.4, -0.2) is 16.0 Å². The van der Waals surface area contributed by atoms with Crippen LogP contribution in [0.2, 0.25) is 10.0 Å². The predicted molar refractivity (Wildman–Crippen MR) is 157 cm³/mol. The molecule has 2 aromatic heterocycles. The average Bonchev–Trinajstić information content (AvgIpc) is 3.52. The topological polar surface area (TPSA) is 70.4 Å². The van der Waals surface area contributed by atoms with Gasteiger partial charge in [0.25, 0.3) is 0 Å². The van der Waals surface area contributed by atoms with Gasteiger partial charge >= 0.3 is 0 Å². The third-order valence-electron chi connectivity index (χ3n) is 6.50. The van der Waals surface area contributed by atoms with E-state index in [0.717, 1.165) is 22.6 Å². The second kappa shape index (κ2) is 10.8. The van der Waals surface area contributed by atoms with Crippen molar-refractivity contribution in [2.24, 2.45) is 5.92 Å². The number of aryl methyl sites for hydroxylation is 1. The van der Waals surface area contributed by atoms with E-state index in [4.69, 9.17) is 39.8 Å². The maximum atomic E-state index is 12.3. The van der Waals surface area contributed by atoms with Crippen molar-refractivity contribution in [3.8, 4) is 11.3 Å². The van der Waals surface area contributed by atoms with Gasteiger partial charge in [0.2, 0.25) is 5.91 Å². The van der Waals surface area contributed by atoms with E-state index in [2.05, 4.69) is 15.6 Å². The minimum Gasteiger partial charge on any atom is -0.459 e. The van der Waals surface area contributed by atoms with E-state index in [0.29, 0.717) is 32.2 Å². The molecular formula is C29H26Cl2N4O2S. The maximum Gasteiger partial charge on any atom is 0.226 e. The van der Waals surface area contributed by atoms with Crippen LogP contribution < -0.4 is 15.5 Å². The van der Waals surface area contributed by atoms with Crippen LogP contribution in [0.4, 0.5) is 11.4 Å². The smallest absolute Gasteiger partial charge is 0.226 e. The van der Waals surface area contributed by atoms with E-state index in [1.54, 1.807) is 12.3 Å². The lowest BCUT2D eigenvalue weighted by molar-refractivity contribution is -0.118. The van der Waals surface area contributed by atoms with Crippen LogP contribution in [0.5, 0.6) is 0 Å². The van der Waals surface area contributed by atoms with Gasteiger partial charge in [-0.2, -0.15) is 0 Å². The molecule has 2 N–H and O–H groups in total. The van der Waals surface area contributed by atoms with Crippen LogP contribution in [0.25, 0.3) is 11.3 Å². The van der Waals surface area contributed by atoms with Crippen molar-refractivity contribution in [2.75, 3.05) is 10.2 Å². The van der Waals surface area contributed by atoms with Crippen molar-refractivity contribution >= 4 is 57.8 Å². The molecule has 1 aliphatic heterocycles. The Morgan fingerprint density at radius 2 is 1.92 bits per heavy atom. The summed E-state index contributed by atoms with van der Waals surface area (Å²) >= 11 is 18.6. The first-order chi connectivity index (χ1) is 18.2. The highest BCUT2D eigenvalue weighted by Crippen LogP contribution is 2.44. The number of carbonyl (C=O) groups is 1. The zero-order valence-electron chi connectivity index (χ0n) is 21.0. The molecule has 2 aromatic carbocycles. The van der Waals surface area contributed by atoms with Gasteiger partial charge in [0, 0.05) is 29.1 Å². The van der Waals surface area contributed by atoms with Gasteiger partial charge in [0.05, 0.1) is 21.8 Å². The number of rotatable bonds is 6. The molecular weight excluding hydrogens is 539 g/mol. The zero-order chi connectivity index (χ0) is 27.0. The van der Waals surface area contributed by atoms with Crippen LogP contribution in [0.15, 0.2) is 77.3 Å². The Balaban J connectivity index is 1.56. The summed E-state index contributed by atoms with van der Waals surface area (Å²) in [6, 6.07) is 20.3. The summed E-state index contributed by atoms with van der Waals surface area (Å²) in [4.78, 5) is 18.9. The van der Waals surface area contributed by atoms with E-state index in [1.807, 2.05) is 86.3 Å². The first kappa shape index (κ1) is 26.2. The largest absolute Gasteiger partial charge is 0.459 e. The summed E-state index contributed by atoms with van der Waals surface area (Å²) in [6.07, 6.45) is 1.76. The second-order valence-corrected chi connectivity index (χ2v) is 10.6. The standard InChI is InChI=1S/C29H26Cl2N4O2S/c1-16(2)28(36)33-21-11-10-18(15-17(21)3)35-27(26(34-29(35)38)22-9-4-5-14-32-22)24-13-12-23(37-24)19-7-6-8-20(30)25(19)31/h4-16,26-27H,1-3H3,(H,33,36)(H,34,38)/t26-,27-/m1/s1. The molecule has 3 heterocycles. The molecule has 2 atom stereocenters. The number of anilines is 2. The minimum atomic E-state index is -0.334. The summed E-state index contributed by atoms with van der Waals surface area (Å²) in [6.45, 7) is 5.69. The molecule has 1 amide bonds. The number of benzene rings is 2. The second-order valence-electron chi connectivity index (χ2n) is 9.44. The fourth-order valence-corrected chi connectivity index (χ4v) is 5.23. The van der Waals surface area contributed by atoms with Gasteiger partial charge in [-0.1, -0.05) is 49.2 Å². The number of thiocarbonyl (C=S) groups is 1. The molecule has 0 unspecified atom stereocenters. The molecule has 6 nitrogen and oxygen atoms in total. The highest BCUT2D eigenvalue weighted by atomic mass is 35.5. The number of amides is 1. The van der Waals surface area contributed by atoms with Crippen molar-refractivity contribution in [1.82, 2.24) is 10.3 Å². The van der Waals surface area contributed by atoms with Gasteiger partial charge in [0.15, 0.2) is 5.11 Å². The van der Waals surface area contributed by atoms with Crippen molar-refractivity contribution < 1.29 is 9.21 Å². The average molecular weight is 566 g/mol. The van der Waals surface area contributed by atoms with Crippen LogP contribution in [0, 0.1) is 12.8 Å². The molecule has 5 rings (SSSR count). The Morgan fingerprint density at radius 3 is 2.63 bits per heavy atom. The van der Waals surface area contributed by atoms with Gasteiger partial charge in [0.1, 0.15) is 17.6 Å². The Labute approximate surface area is 237 Å². The van der Waals surface area contributed by atoms with Crippen molar-refractivity contribution in [1.29, 1.82) is 0 Å². The quantitative estimate of drug-likeness (QED) is 0.233. The summed E-state index contributed by atoms with van der Waals surface area (Å²) < 4.78 is 6.41. The van der Waals surface area contributed by atoms with Crippen LogP contribution in [0.1, 0.15) is 42.9 Å². The first-order valence-corrected chi connectivity index (χ1v) is 13.4. The lowest BCUT2D eigenvalue weighted by Crippen LogP contribution is -2.29. The third kappa shape index (κ3) is 5.01. The predicted octanol–water partition coefficient (Wildman–Crippen LogP) is 7.73. The molecule has 1 fully saturated rings. The summed E-state index contributed by atoms with van der Waals surface area (Å²) in [5.74, 6) is 1.14. The molecule has 38 heavy (non-hydrogen) atoms. The highest BCUT2D eigenvalue weighted by molar-refractivity contribution is 7.80. The number of nitrogens with zero attached hydrogens (tertiary/aromatic N) is 2. The molecule has 0 saturated carbocycles. The van der Waals surface area contributed by atoms with Gasteiger partial charge in [-0.05, 0) is 79.3 Å². The first-order valence-electron chi connectivity index (χ1n) is 12.2. The molecule has 1 aliphatic rings. The molecule has 1 saturated heterocycles. The molecule has 9 heteroatoms. The Bertz CT molecular complexity index is 1510. The van der Waals surface area contributed by atoms with Crippen molar-refractivity contribution in [2.45, 2.75) is 32.9 Å². The lowest BCUT2D eigenvalue weighted by Gasteiger charge is -2.27. The molecule has 0 aliphatic carbocycles. The number of halogens is 2. The summed E-state index contributed by atoms with van der Waals surface area (Å²) in [7, 11) is 0. The van der Waals surface area contributed by atoms with Gasteiger partial charge < -0.3 is 20.0 Å². The van der Waals surface area contributed by atoms with E-state index in [9.17, 15) is 4.79 Å². The lowest BCUT2D eigenvalue weighted by atomic mass is 10.0. The fourth-order valence-electron chi connectivity index (χ4n) is 4.49. The molecule has 0 spiro atoms. The highest BCUT2D eigenvalue weighted by Gasteiger charge is 2.42. The molecule has 194 valence electrons. The number of aromatic nitrogens is 1.